The van der Waals surface area contributed by atoms with E-state index >= 15 is 0 Å². The number of rotatable bonds is 8. The zero-order chi connectivity index (χ0) is 19.8. The molecule has 2 aromatic heterocycles. The number of hydrogen-bond acceptors (Lipinski definition) is 6. The Morgan fingerprint density at radius 3 is 2.61 bits per heavy atom. The van der Waals surface area contributed by atoms with Crippen molar-refractivity contribution in [2.75, 3.05) is 18.5 Å². The Morgan fingerprint density at radius 1 is 1.11 bits per heavy atom. The Balaban J connectivity index is 1.68. The van der Waals surface area contributed by atoms with E-state index < -0.39 is 5.97 Å². The second-order valence-electron chi connectivity index (χ2n) is 5.91. The molecule has 0 saturated heterocycles. The highest BCUT2D eigenvalue weighted by Gasteiger charge is 2.18. The lowest BCUT2D eigenvalue weighted by Gasteiger charge is -2.18. The minimum Gasteiger partial charge on any atom is -0.462 e. The first-order chi connectivity index (χ1) is 13.7. The van der Waals surface area contributed by atoms with Crippen molar-refractivity contribution in [3.05, 3.63) is 83.0 Å². The maximum absolute atomic E-state index is 12.5. The van der Waals surface area contributed by atoms with Crippen LogP contribution in [0.2, 0.25) is 0 Å². The van der Waals surface area contributed by atoms with Gasteiger partial charge in [-0.25, -0.2) is 4.79 Å². The van der Waals surface area contributed by atoms with Gasteiger partial charge in [0.1, 0.15) is 5.00 Å². The van der Waals surface area contributed by atoms with Gasteiger partial charge in [0.15, 0.2) is 0 Å². The van der Waals surface area contributed by atoms with Gasteiger partial charge in [-0.1, -0.05) is 36.4 Å². The number of aromatic nitrogens is 1. The van der Waals surface area contributed by atoms with Gasteiger partial charge in [-0.15, -0.1) is 11.3 Å². The van der Waals surface area contributed by atoms with Crippen LogP contribution in [-0.2, 0) is 9.53 Å². The van der Waals surface area contributed by atoms with Crippen molar-refractivity contribution in [3.63, 3.8) is 0 Å². The molecule has 0 aliphatic heterocycles. The van der Waals surface area contributed by atoms with Gasteiger partial charge in [0.25, 0.3) is 0 Å². The van der Waals surface area contributed by atoms with Crippen LogP contribution in [0.5, 0.6) is 0 Å². The first-order valence-corrected chi connectivity index (χ1v) is 9.80. The zero-order valence-electron chi connectivity index (χ0n) is 15.4. The normalized spacial score (nSPS) is 11.6. The summed E-state index contributed by atoms with van der Waals surface area (Å²) in [6.07, 6.45) is 1.73. The molecule has 0 bridgehead atoms. The molecule has 0 aliphatic rings. The number of nitrogens with one attached hydrogen (secondary N) is 2. The molecule has 3 aromatic rings. The van der Waals surface area contributed by atoms with E-state index in [4.69, 9.17) is 4.74 Å². The predicted molar refractivity (Wildman–Crippen MR) is 109 cm³/mol. The van der Waals surface area contributed by atoms with Crippen LogP contribution in [0.15, 0.2) is 66.2 Å². The van der Waals surface area contributed by atoms with Gasteiger partial charge < -0.3 is 10.1 Å². The number of amides is 1. The van der Waals surface area contributed by atoms with Crippen LogP contribution in [0.25, 0.3) is 0 Å². The average molecular weight is 395 g/mol. The predicted octanol–water partition coefficient (Wildman–Crippen LogP) is 3.64. The highest BCUT2D eigenvalue weighted by molar-refractivity contribution is 7.14. The molecular weight excluding hydrogens is 374 g/mol. The molecule has 7 heteroatoms. The summed E-state index contributed by atoms with van der Waals surface area (Å²) in [7, 11) is 0. The molecule has 0 fully saturated rings. The van der Waals surface area contributed by atoms with E-state index in [0.717, 1.165) is 11.3 Å². The fourth-order valence-corrected chi connectivity index (χ4v) is 3.52. The smallest absolute Gasteiger partial charge is 0.341 e. The molecule has 28 heavy (non-hydrogen) atoms. The molecule has 1 aromatic carbocycles. The summed E-state index contributed by atoms with van der Waals surface area (Å²) < 4.78 is 5.01. The van der Waals surface area contributed by atoms with Crippen molar-refractivity contribution in [1.82, 2.24) is 10.3 Å². The molecule has 2 heterocycles. The number of anilines is 1. The number of hydrogen-bond donors (Lipinski definition) is 2. The summed E-state index contributed by atoms with van der Waals surface area (Å²) in [5.41, 5.74) is 2.20. The Bertz CT molecular complexity index is 873. The topological polar surface area (TPSA) is 80.3 Å². The fraction of sp³-hybridized carbons (Fsp3) is 0.190. The SMILES string of the molecule is CCOC(=O)c1ccsc1NC(=O)CN[C@@H](c1ccccc1)c1ccccn1. The summed E-state index contributed by atoms with van der Waals surface area (Å²) in [5, 5.41) is 8.27. The third-order valence-electron chi connectivity index (χ3n) is 4.00. The number of esters is 1. The Hall–Kier alpha value is -3.03. The molecule has 3 rings (SSSR count). The van der Waals surface area contributed by atoms with Crippen molar-refractivity contribution >= 4 is 28.2 Å². The number of carbonyl (C=O) groups is 2. The summed E-state index contributed by atoms with van der Waals surface area (Å²) in [6, 6.07) is 16.9. The summed E-state index contributed by atoms with van der Waals surface area (Å²) >= 11 is 1.29. The molecular formula is C21H21N3O3S. The van der Waals surface area contributed by atoms with Gasteiger partial charge in [-0.2, -0.15) is 0 Å². The minimum atomic E-state index is -0.442. The van der Waals surface area contributed by atoms with E-state index in [2.05, 4.69) is 15.6 Å². The van der Waals surface area contributed by atoms with Crippen LogP contribution < -0.4 is 10.6 Å². The highest BCUT2D eigenvalue weighted by Crippen LogP contribution is 2.24. The molecule has 1 atom stereocenters. The largest absolute Gasteiger partial charge is 0.462 e. The van der Waals surface area contributed by atoms with Crippen LogP contribution in [0.3, 0.4) is 0 Å². The van der Waals surface area contributed by atoms with Crippen molar-refractivity contribution in [3.8, 4) is 0 Å². The Morgan fingerprint density at radius 2 is 1.89 bits per heavy atom. The van der Waals surface area contributed by atoms with Crippen molar-refractivity contribution in [2.24, 2.45) is 0 Å². The van der Waals surface area contributed by atoms with Crippen molar-refractivity contribution in [2.45, 2.75) is 13.0 Å². The van der Waals surface area contributed by atoms with Crippen LogP contribution >= 0.6 is 11.3 Å². The number of ether oxygens (including phenoxy) is 1. The number of benzene rings is 1. The molecule has 1 amide bonds. The molecule has 2 N–H and O–H groups in total. The standard InChI is InChI=1S/C21H21N3O3S/c1-2-27-21(26)16-11-13-28-20(16)24-18(25)14-23-19(15-8-4-3-5-9-15)17-10-6-7-12-22-17/h3-13,19,23H,2,14H2,1H3,(H,24,25)/t19-/m0/s1. The first-order valence-electron chi connectivity index (χ1n) is 8.92. The average Bonchev–Trinajstić information content (AvgIpc) is 3.18. The maximum Gasteiger partial charge on any atom is 0.341 e. The van der Waals surface area contributed by atoms with E-state index in [0.29, 0.717) is 10.6 Å². The van der Waals surface area contributed by atoms with Crippen LogP contribution in [0, 0.1) is 0 Å². The van der Waals surface area contributed by atoms with Gasteiger partial charge in [-0.05, 0) is 36.1 Å². The lowest BCUT2D eigenvalue weighted by Crippen LogP contribution is -2.32. The second-order valence-corrected chi connectivity index (χ2v) is 6.83. The zero-order valence-corrected chi connectivity index (χ0v) is 16.2. The van der Waals surface area contributed by atoms with E-state index in [1.165, 1.54) is 11.3 Å². The van der Waals surface area contributed by atoms with Crippen LogP contribution in [0.4, 0.5) is 5.00 Å². The van der Waals surface area contributed by atoms with Crippen LogP contribution in [-0.4, -0.2) is 30.0 Å². The van der Waals surface area contributed by atoms with Gasteiger partial charge in [-0.3, -0.25) is 15.1 Å². The summed E-state index contributed by atoms with van der Waals surface area (Å²) in [5.74, 6) is -0.687. The summed E-state index contributed by atoms with van der Waals surface area (Å²) in [6.45, 7) is 2.09. The molecule has 144 valence electrons. The minimum absolute atomic E-state index is 0.0658. The lowest BCUT2D eigenvalue weighted by molar-refractivity contribution is -0.115. The van der Waals surface area contributed by atoms with E-state index in [1.54, 1.807) is 24.6 Å². The van der Waals surface area contributed by atoms with Gasteiger partial charge >= 0.3 is 5.97 Å². The van der Waals surface area contributed by atoms with Crippen molar-refractivity contribution < 1.29 is 14.3 Å². The Kier molecular flexibility index (Phi) is 6.89. The Labute approximate surface area is 167 Å². The van der Waals surface area contributed by atoms with Crippen LogP contribution in [0.1, 0.15) is 34.6 Å². The molecule has 0 saturated carbocycles. The third kappa shape index (κ3) is 5.03. The number of pyridine rings is 1. The maximum atomic E-state index is 12.5. The van der Waals surface area contributed by atoms with E-state index in [1.807, 2.05) is 48.5 Å². The molecule has 0 aliphatic carbocycles. The molecule has 0 unspecified atom stereocenters. The highest BCUT2D eigenvalue weighted by atomic mass is 32.1. The quantitative estimate of drug-likeness (QED) is 0.569. The van der Waals surface area contributed by atoms with E-state index in [9.17, 15) is 9.59 Å². The summed E-state index contributed by atoms with van der Waals surface area (Å²) in [4.78, 5) is 28.8. The molecule has 0 spiro atoms. The third-order valence-corrected chi connectivity index (χ3v) is 4.83. The lowest BCUT2D eigenvalue weighted by atomic mass is 10.0. The number of thiophene rings is 1. The van der Waals surface area contributed by atoms with Gasteiger partial charge in [0, 0.05) is 6.20 Å². The van der Waals surface area contributed by atoms with E-state index in [-0.39, 0.29) is 25.1 Å². The first kappa shape index (κ1) is 19.7. The van der Waals surface area contributed by atoms with Gasteiger partial charge in [0.05, 0.1) is 30.5 Å². The number of nitrogens with zero attached hydrogens (tertiary/aromatic N) is 1. The molecule has 0 radical (unpaired) electrons. The number of carbonyl (C=O) groups excluding carboxylic acids is 2. The molecule has 6 nitrogen and oxygen atoms in total. The second kappa shape index (κ2) is 9.77. The fourth-order valence-electron chi connectivity index (χ4n) is 2.73. The monoisotopic (exact) mass is 395 g/mol. The van der Waals surface area contributed by atoms with Crippen molar-refractivity contribution in [1.29, 1.82) is 0 Å². The van der Waals surface area contributed by atoms with Gasteiger partial charge in [0.2, 0.25) is 5.91 Å².